The third kappa shape index (κ3) is 4.87. The number of hydrogen-bond acceptors (Lipinski definition) is 9. The van der Waals surface area contributed by atoms with Crippen molar-refractivity contribution in [3.05, 3.63) is 83.0 Å². The van der Waals surface area contributed by atoms with Crippen LogP contribution in [0.4, 0.5) is 5.82 Å². The third-order valence-corrected chi connectivity index (χ3v) is 5.99. The largest absolute Gasteiger partial charge is 0.465 e. The number of rotatable bonds is 6. The molecule has 1 amide bonds. The zero-order valence-corrected chi connectivity index (χ0v) is 21.1. The second-order valence-corrected chi connectivity index (χ2v) is 8.68. The van der Waals surface area contributed by atoms with Gasteiger partial charge in [0.2, 0.25) is 0 Å². The predicted octanol–water partition coefficient (Wildman–Crippen LogP) is 3.44. The number of carbonyl (C=O) groups excluding carboxylic acids is 2. The van der Waals surface area contributed by atoms with Crippen LogP contribution in [0.5, 0.6) is 0 Å². The lowest BCUT2D eigenvalue weighted by Crippen LogP contribution is -2.26. The van der Waals surface area contributed by atoms with Crippen LogP contribution in [0.2, 0.25) is 5.02 Å². The highest BCUT2D eigenvalue weighted by Gasteiger charge is 2.22. The molecule has 0 atom stereocenters. The molecule has 0 saturated carbocycles. The van der Waals surface area contributed by atoms with E-state index in [1.807, 2.05) is 12.1 Å². The van der Waals surface area contributed by atoms with Crippen LogP contribution in [0.1, 0.15) is 26.5 Å². The molecule has 0 radical (unpaired) electrons. The Bertz CT molecular complexity index is 1680. The Morgan fingerprint density at radius 3 is 2.66 bits per heavy atom. The molecule has 0 saturated heterocycles. The summed E-state index contributed by atoms with van der Waals surface area (Å²) in [5.41, 5.74) is 9.55. The second kappa shape index (κ2) is 10.2. The molecule has 0 fully saturated rings. The maximum atomic E-state index is 13.1. The lowest BCUT2D eigenvalue weighted by atomic mass is 10.0. The van der Waals surface area contributed by atoms with Crippen LogP contribution in [0, 0.1) is 0 Å². The third-order valence-electron chi connectivity index (χ3n) is 5.70. The first-order valence-corrected chi connectivity index (χ1v) is 11.8. The van der Waals surface area contributed by atoms with E-state index >= 15 is 0 Å². The van der Waals surface area contributed by atoms with Gasteiger partial charge >= 0.3 is 5.97 Å². The highest BCUT2D eigenvalue weighted by Crippen LogP contribution is 2.34. The fraction of sp³-hybridized carbons (Fsp3) is 0.115. The number of anilines is 1. The first-order chi connectivity index (χ1) is 18.3. The molecule has 5 aromatic rings. The number of fused-ring (bicyclic) bond motifs is 1. The molecular formula is C26H21ClN8O3. The number of nitrogens with two attached hydrogens (primary N) is 1. The maximum absolute atomic E-state index is 13.1. The molecule has 0 bridgehead atoms. The fourth-order valence-corrected chi connectivity index (χ4v) is 4.12. The van der Waals surface area contributed by atoms with E-state index < -0.39 is 11.9 Å². The zero-order valence-electron chi connectivity index (χ0n) is 20.3. The topological polar surface area (TPSA) is 151 Å². The molecule has 38 heavy (non-hydrogen) atoms. The van der Waals surface area contributed by atoms with Gasteiger partial charge in [-0.05, 0) is 36.4 Å². The van der Waals surface area contributed by atoms with E-state index in [1.54, 1.807) is 54.5 Å². The van der Waals surface area contributed by atoms with Crippen molar-refractivity contribution in [2.24, 2.45) is 7.05 Å². The number of nitrogen functional groups attached to an aromatic ring is 1. The fourth-order valence-electron chi connectivity index (χ4n) is 3.84. The Hall–Kier alpha value is -4.90. The number of aryl methyl sites for hydroxylation is 1. The van der Waals surface area contributed by atoms with Crippen LogP contribution in [0.25, 0.3) is 33.5 Å². The van der Waals surface area contributed by atoms with Gasteiger partial charge in [-0.2, -0.15) is 5.10 Å². The van der Waals surface area contributed by atoms with Gasteiger partial charge in [0.25, 0.3) is 5.91 Å². The molecule has 12 heteroatoms. The normalized spacial score (nSPS) is 10.9. The van der Waals surface area contributed by atoms with Gasteiger partial charge in [0.05, 0.1) is 41.1 Å². The molecule has 4 aromatic heterocycles. The van der Waals surface area contributed by atoms with Crippen LogP contribution in [-0.2, 0) is 18.3 Å². The number of nitrogens with zero attached hydrogens (tertiary/aromatic N) is 6. The first-order valence-electron chi connectivity index (χ1n) is 11.4. The molecular weight excluding hydrogens is 508 g/mol. The summed E-state index contributed by atoms with van der Waals surface area (Å²) in [5, 5.41) is 8.41. The van der Waals surface area contributed by atoms with Gasteiger partial charge in [-0.25, -0.2) is 14.8 Å². The average molecular weight is 529 g/mol. The van der Waals surface area contributed by atoms with Crippen molar-refractivity contribution < 1.29 is 14.3 Å². The summed E-state index contributed by atoms with van der Waals surface area (Å²) in [6, 6.07) is 12.2. The maximum Gasteiger partial charge on any atom is 0.339 e. The smallest absolute Gasteiger partial charge is 0.339 e. The van der Waals surface area contributed by atoms with Crippen LogP contribution < -0.4 is 11.1 Å². The van der Waals surface area contributed by atoms with Crippen molar-refractivity contribution in [2.75, 3.05) is 12.8 Å². The summed E-state index contributed by atoms with van der Waals surface area (Å²) in [5.74, 6) is -1.10. The molecule has 0 aliphatic carbocycles. The average Bonchev–Trinajstić information content (AvgIpc) is 3.37. The molecule has 190 valence electrons. The van der Waals surface area contributed by atoms with Crippen molar-refractivity contribution >= 4 is 40.2 Å². The monoisotopic (exact) mass is 528 g/mol. The van der Waals surface area contributed by atoms with Gasteiger partial charge in [-0.3, -0.25) is 19.4 Å². The predicted molar refractivity (Wildman–Crippen MR) is 141 cm³/mol. The number of hydrogen-bond donors (Lipinski definition) is 2. The van der Waals surface area contributed by atoms with Crippen molar-refractivity contribution in [1.82, 2.24) is 35.0 Å². The van der Waals surface area contributed by atoms with Crippen LogP contribution in [0.15, 0.2) is 61.1 Å². The number of amides is 1. The Morgan fingerprint density at radius 2 is 1.95 bits per heavy atom. The molecule has 11 nitrogen and oxygen atoms in total. The van der Waals surface area contributed by atoms with Crippen LogP contribution in [0.3, 0.4) is 0 Å². The number of methoxy groups -OCH3 is 1. The Morgan fingerprint density at radius 1 is 1.11 bits per heavy atom. The molecule has 0 spiro atoms. The summed E-state index contributed by atoms with van der Waals surface area (Å²) < 4.78 is 6.30. The SMILES string of the molecule is COC(=O)c1ccc(CNC(=O)c2nc(-c3cc(Cl)c4ncccc4c3)c(-c3ccn(C)n3)nc2N)nc1. The van der Waals surface area contributed by atoms with Crippen LogP contribution >= 0.6 is 11.6 Å². The lowest BCUT2D eigenvalue weighted by Gasteiger charge is -2.13. The van der Waals surface area contributed by atoms with Crippen molar-refractivity contribution in [1.29, 1.82) is 0 Å². The van der Waals surface area contributed by atoms with Crippen molar-refractivity contribution in [2.45, 2.75) is 6.54 Å². The highest BCUT2D eigenvalue weighted by atomic mass is 35.5. The van der Waals surface area contributed by atoms with Crippen molar-refractivity contribution in [3.8, 4) is 22.6 Å². The molecule has 0 aliphatic heterocycles. The van der Waals surface area contributed by atoms with E-state index in [0.717, 1.165) is 5.39 Å². The minimum absolute atomic E-state index is 0.0607. The minimum Gasteiger partial charge on any atom is -0.465 e. The number of benzene rings is 1. The molecule has 1 aromatic carbocycles. The number of esters is 1. The quantitative estimate of drug-likeness (QED) is 0.316. The van der Waals surface area contributed by atoms with Gasteiger partial charge in [-0.15, -0.1) is 0 Å². The Kier molecular flexibility index (Phi) is 6.67. The van der Waals surface area contributed by atoms with E-state index in [2.05, 4.69) is 35.1 Å². The zero-order chi connectivity index (χ0) is 26.8. The van der Waals surface area contributed by atoms with Gasteiger partial charge < -0.3 is 15.8 Å². The number of nitrogens with one attached hydrogen (secondary N) is 1. The lowest BCUT2D eigenvalue weighted by molar-refractivity contribution is 0.0600. The number of halogens is 1. The summed E-state index contributed by atoms with van der Waals surface area (Å²) in [6.07, 6.45) is 4.81. The van der Waals surface area contributed by atoms with Crippen molar-refractivity contribution in [3.63, 3.8) is 0 Å². The summed E-state index contributed by atoms with van der Waals surface area (Å²) in [4.78, 5) is 42.4. The van der Waals surface area contributed by atoms with E-state index in [0.29, 0.717) is 44.4 Å². The van der Waals surface area contributed by atoms with Gasteiger partial charge in [0.15, 0.2) is 11.5 Å². The van der Waals surface area contributed by atoms with E-state index in [-0.39, 0.29) is 18.1 Å². The first kappa shape index (κ1) is 24.8. The van der Waals surface area contributed by atoms with E-state index in [4.69, 9.17) is 17.3 Å². The molecule has 0 aliphatic rings. The Labute approximate surface area is 221 Å². The highest BCUT2D eigenvalue weighted by molar-refractivity contribution is 6.35. The number of aromatic nitrogens is 6. The van der Waals surface area contributed by atoms with Gasteiger partial charge in [-0.1, -0.05) is 17.7 Å². The van der Waals surface area contributed by atoms with E-state index in [1.165, 1.54) is 13.3 Å². The van der Waals surface area contributed by atoms with Gasteiger partial charge in [0, 0.05) is 36.6 Å². The molecule has 0 unspecified atom stereocenters. The number of carbonyl (C=O) groups is 2. The molecule has 5 rings (SSSR count). The molecule has 4 heterocycles. The standard InChI is InChI=1S/C26H21ClN8O3/c1-35-9-7-19(34-35)22-21(16-10-14-4-3-8-29-20(14)18(27)11-16)32-23(24(28)33-22)25(36)31-13-17-6-5-15(12-30-17)26(37)38-2/h3-12H,13H2,1-2H3,(H2,28,33)(H,31,36). The van der Waals surface area contributed by atoms with Crippen LogP contribution in [-0.4, -0.2) is 48.7 Å². The van der Waals surface area contributed by atoms with Gasteiger partial charge in [0.1, 0.15) is 11.4 Å². The summed E-state index contributed by atoms with van der Waals surface area (Å²) in [6.45, 7) is 0.0756. The summed E-state index contributed by atoms with van der Waals surface area (Å²) >= 11 is 6.54. The number of pyridine rings is 2. The minimum atomic E-state index is -0.545. The Balaban J connectivity index is 1.52. The van der Waals surface area contributed by atoms with E-state index in [9.17, 15) is 9.59 Å². The molecule has 3 N–H and O–H groups in total. The number of ether oxygens (including phenoxy) is 1. The second-order valence-electron chi connectivity index (χ2n) is 8.27. The summed E-state index contributed by atoms with van der Waals surface area (Å²) in [7, 11) is 3.07.